The summed E-state index contributed by atoms with van der Waals surface area (Å²) >= 11 is 0. The lowest BCUT2D eigenvalue weighted by Gasteiger charge is -2.32. The number of likely N-dealkylation sites (tertiary alicyclic amines) is 1. The molecule has 0 amide bonds. The van der Waals surface area contributed by atoms with Crippen molar-refractivity contribution in [1.82, 2.24) is 4.90 Å². The molecule has 3 aromatic rings. The van der Waals surface area contributed by atoms with Gasteiger partial charge >= 0.3 is 0 Å². The SMILES string of the molecule is CCC(C#N)(CCCN1CCC(=C2c3ccccc3C=Cc3ccccc32)CC1)c1ccccc1. The van der Waals surface area contributed by atoms with Gasteiger partial charge < -0.3 is 4.90 Å². The van der Waals surface area contributed by atoms with E-state index in [2.05, 4.69) is 103 Å². The van der Waals surface area contributed by atoms with Crippen LogP contribution in [0, 0.1) is 11.3 Å². The highest BCUT2D eigenvalue weighted by Gasteiger charge is 2.30. The van der Waals surface area contributed by atoms with Gasteiger partial charge in [0.2, 0.25) is 0 Å². The van der Waals surface area contributed by atoms with Gasteiger partial charge in [-0.15, -0.1) is 0 Å². The molecule has 1 heterocycles. The van der Waals surface area contributed by atoms with Gasteiger partial charge in [-0.25, -0.2) is 0 Å². The van der Waals surface area contributed by atoms with Gasteiger partial charge in [0.25, 0.3) is 0 Å². The van der Waals surface area contributed by atoms with E-state index in [4.69, 9.17) is 0 Å². The number of hydrogen-bond acceptors (Lipinski definition) is 2. The molecule has 0 spiro atoms. The van der Waals surface area contributed by atoms with Crippen molar-refractivity contribution in [2.24, 2.45) is 0 Å². The summed E-state index contributed by atoms with van der Waals surface area (Å²) < 4.78 is 0. The van der Waals surface area contributed by atoms with Crippen molar-refractivity contribution in [3.8, 4) is 6.07 Å². The maximum atomic E-state index is 10.1. The third-order valence-electron chi connectivity index (χ3n) is 7.94. The van der Waals surface area contributed by atoms with Crippen molar-refractivity contribution < 1.29 is 0 Å². The maximum Gasteiger partial charge on any atom is 0.0820 e. The van der Waals surface area contributed by atoms with Gasteiger partial charge in [0.05, 0.1) is 11.5 Å². The minimum atomic E-state index is -0.370. The lowest BCUT2D eigenvalue weighted by Crippen LogP contribution is -2.33. The van der Waals surface area contributed by atoms with E-state index in [0.29, 0.717) is 0 Å². The third kappa shape index (κ3) is 4.75. The van der Waals surface area contributed by atoms with Crippen molar-refractivity contribution in [1.29, 1.82) is 5.26 Å². The molecule has 0 N–H and O–H groups in total. The van der Waals surface area contributed by atoms with Gasteiger partial charge in [0, 0.05) is 13.1 Å². The highest BCUT2D eigenvalue weighted by molar-refractivity contribution is 5.94. The van der Waals surface area contributed by atoms with Crippen LogP contribution in [-0.4, -0.2) is 24.5 Å². The Balaban J connectivity index is 1.30. The summed E-state index contributed by atoms with van der Waals surface area (Å²) in [5.74, 6) is 0. The fourth-order valence-corrected chi connectivity index (χ4v) is 5.83. The highest BCUT2D eigenvalue weighted by atomic mass is 15.1. The smallest absolute Gasteiger partial charge is 0.0820 e. The number of hydrogen-bond donors (Lipinski definition) is 0. The third-order valence-corrected chi connectivity index (χ3v) is 7.94. The molecule has 176 valence electrons. The van der Waals surface area contributed by atoms with Gasteiger partial charge in [-0.05, 0) is 72.0 Å². The average Bonchev–Trinajstić information content (AvgIpc) is 3.09. The average molecular weight is 459 g/mol. The molecule has 35 heavy (non-hydrogen) atoms. The quantitative estimate of drug-likeness (QED) is 0.296. The summed E-state index contributed by atoms with van der Waals surface area (Å²) in [6.07, 6.45) is 9.56. The predicted molar refractivity (Wildman–Crippen MR) is 147 cm³/mol. The van der Waals surface area contributed by atoms with E-state index in [9.17, 15) is 5.26 Å². The molecule has 2 aliphatic rings. The van der Waals surface area contributed by atoms with E-state index in [-0.39, 0.29) is 5.41 Å². The summed E-state index contributed by atoms with van der Waals surface area (Å²) in [6, 6.07) is 30.7. The second kappa shape index (κ2) is 10.5. The first-order valence-electron chi connectivity index (χ1n) is 13.0. The van der Waals surface area contributed by atoms with Gasteiger partial charge in [0.1, 0.15) is 0 Å². The minimum Gasteiger partial charge on any atom is -0.303 e. The topological polar surface area (TPSA) is 27.0 Å². The summed E-state index contributed by atoms with van der Waals surface area (Å²) in [7, 11) is 0. The minimum absolute atomic E-state index is 0.370. The Kier molecular flexibility index (Phi) is 6.98. The van der Waals surface area contributed by atoms with Gasteiger partial charge in [-0.1, -0.05) is 104 Å². The molecular weight excluding hydrogens is 424 g/mol. The van der Waals surface area contributed by atoms with Gasteiger partial charge in [0.15, 0.2) is 0 Å². The first kappa shape index (κ1) is 23.3. The highest BCUT2D eigenvalue weighted by Crippen LogP contribution is 2.39. The summed E-state index contributed by atoms with van der Waals surface area (Å²) in [5, 5.41) is 10.1. The molecule has 5 rings (SSSR count). The van der Waals surface area contributed by atoms with E-state index in [0.717, 1.165) is 57.3 Å². The Labute approximate surface area is 210 Å². The Hall–Kier alpha value is -3.41. The zero-order valence-electron chi connectivity index (χ0n) is 20.7. The standard InChI is InChI=1S/C33H34N2/c1-2-33(25-34,29-13-4-3-5-14-29)21-10-22-35-23-19-28(20-24-35)32-30-15-8-6-11-26(30)17-18-27-12-7-9-16-31(27)32/h3-9,11-18H,2,10,19-24H2,1H3. The van der Waals surface area contributed by atoms with Crippen LogP contribution in [0.25, 0.3) is 17.7 Å². The molecule has 3 aromatic carbocycles. The molecule has 1 aliphatic carbocycles. The largest absolute Gasteiger partial charge is 0.303 e. The Bertz CT molecular complexity index is 1220. The molecule has 2 nitrogen and oxygen atoms in total. The Morgan fingerprint density at radius 2 is 1.37 bits per heavy atom. The first-order valence-corrected chi connectivity index (χ1v) is 13.0. The van der Waals surface area contributed by atoms with Gasteiger partial charge in [-0.3, -0.25) is 0 Å². The Morgan fingerprint density at radius 3 is 1.94 bits per heavy atom. The molecule has 1 unspecified atom stereocenters. The van der Waals surface area contributed by atoms with Crippen LogP contribution in [0.4, 0.5) is 0 Å². The predicted octanol–water partition coefficient (Wildman–Crippen LogP) is 7.72. The van der Waals surface area contributed by atoms with Crippen LogP contribution >= 0.6 is 0 Å². The van der Waals surface area contributed by atoms with Crippen LogP contribution in [0.2, 0.25) is 0 Å². The van der Waals surface area contributed by atoms with Crippen molar-refractivity contribution >= 4 is 17.7 Å². The summed E-state index contributed by atoms with van der Waals surface area (Å²) in [4.78, 5) is 2.60. The molecule has 2 heteroatoms. The van der Waals surface area contributed by atoms with E-state index < -0.39 is 0 Å². The van der Waals surface area contributed by atoms with E-state index in [1.807, 2.05) is 6.07 Å². The fraction of sp³-hybridized carbons (Fsp3) is 0.303. The monoisotopic (exact) mass is 458 g/mol. The van der Waals surface area contributed by atoms with Crippen molar-refractivity contribution in [3.05, 3.63) is 112 Å². The molecular formula is C33H34N2. The number of nitrogens with zero attached hydrogens (tertiary/aromatic N) is 2. The second-order valence-corrected chi connectivity index (χ2v) is 9.85. The number of piperidine rings is 1. The van der Waals surface area contributed by atoms with Crippen molar-refractivity contribution in [3.63, 3.8) is 0 Å². The van der Waals surface area contributed by atoms with E-state index in [1.165, 1.54) is 27.8 Å². The lowest BCUT2D eigenvalue weighted by atomic mass is 9.76. The Morgan fingerprint density at radius 1 is 0.800 bits per heavy atom. The van der Waals surface area contributed by atoms with Crippen LogP contribution in [-0.2, 0) is 5.41 Å². The molecule has 0 saturated carbocycles. The normalized spacial score (nSPS) is 17.1. The van der Waals surface area contributed by atoms with Crippen LogP contribution in [0.1, 0.15) is 66.8 Å². The number of fused-ring (bicyclic) bond motifs is 2. The van der Waals surface area contributed by atoms with E-state index >= 15 is 0 Å². The van der Waals surface area contributed by atoms with Crippen molar-refractivity contribution in [2.75, 3.05) is 19.6 Å². The number of benzene rings is 3. The van der Waals surface area contributed by atoms with Crippen LogP contribution in [0.5, 0.6) is 0 Å². The first-order chi connectivity index (χ1) is 17.2. The van der Waals surface area contributed by atoms with Crippen LogP contribution in [0.3, 0.4) is 0 Å². The van der Waals surface area contributed by atoms with Crippen LogP contribution in [0.15, 0.2) is 84.4 Å². The van der Waals surface area contributed by atoms with Crippen molar-refractivity contribution in [2.45, 2.75) is 44.4 Å². The lowest BCUT2D eigenvalue weighted by molar-refractivity contribution is 0.245. The molecule has 1 saturated heterocycles. The summed E-state index contributed by atoms with van der Waals surface area (Å²) in [5.41, 5.74) is 9.15. The maximum absolute atomic E-state index is 10.1. The number of nitriles is 1. The molecule has 1 atom stereocenters. The number of rotatable bonds is 6. The fourth-order valence-electron chi connectivity index (χ4n) is 5.83. The van der Waals surface area contributed by atoms with Gasteiger partial charge in [-0.2, -0.15) is 5.26 Å². The molecule has 1 aliphatic heterocycles. The summed E-state index contributed by atoms with van der Waals surface area (Å²) in [6.45, 7) is 5.39. The molecule has 0 aromatic heterocycles. The second-order valence-electron chi connectivity index (χ2n) is 9.85. The van der Waals surface area contributed by atoms with E-state index in [1.54, 1.807) is 5.57 Å². The molecule has 0 radical (unpaired) electrons. The zero-order chi connectivity index (χ0) is 24.1. The van der Waals surface area contributed by atoms with Crippen LogP contribution < -0.4 is 0 Å². The molecule has 0 bridgehead atoms. The molecule has 1 fully saturated rings. The zero-order valence-corrected chi connectivity index (χ0v) is 20.7.